The van der Waals surface area contributed by atoms with Crippen molar-refractivity contribution < 1.29 is 0 Å². The second-order valence-electron chi connectivity index (χ2n) is 7.92. The molecule has 2 aliphatic carbocycles. The highest BCUT2D eigenvalue weighted by atomic mass is 14.9. The van der Waals surface area contributed by atoms with Crippen molar-refractivity contribution >= 4 is 0 Å². The molecule has 3 rings (SSSR count). The van der Waals surface area contributed by atoms with Crippen LogP contribution in [-0.2, 0) is 12.8 Å². The fourth-order valence-electron chi connectivity index (χ4n) is 3.60. The monoisotopic (exact) mass is 287 g/mol. The number of nitrogens with zero attached hydrogens (tertiary/aromatic N) is 2. The van der Waals surface area contributed by atoms with E-state index in [1.165, 1.54) is 43.4 Å². The SMILES string of the molecule is CC(C)(C)NCC1CCc2nc(C3CCCC3)ncc2C1. The number of hydrogen-bond donors (Lipinski definition) is 1. The Hall–Kier alpha value is -0.960. The van der Waals surface area contributed by atoms with Crippen LogP contribution in [0.25, 0.3) is 0 Å². The molecule has 0 amide bonds. The Morgan fingerprint density at radius 2 is 1.95 bits per heavy atom. The van der Waals surface area contributed by atoms with Crippen molar-refractivity contribution in [2.45, 2.75) is 77.2 Å². The quantitative estimate of drug-likeness (QED) is 0.922. The molecule has 3 heteroatoms. The van der Waals surface area contributed by atoms with Crippen molar-refractivity contribution in [3.05, 3.63) is 23.3 Å². The molecule has 2 aliphatic rings. The van der Waals surface area contributed by atoms with Gasteiger partial charge in [-0.2, -0.15) is 0 Å². The Balaban J connectivity index is 1.64. The van der Waals surface area contributed by atoms with Crippen LogP contribution in [0.4, 0.5) is 0 Å². The fourth-order valence-corrected chi connectivity index (χ4v) is 3.60. The summed E-state index contributed by atoms with van der Waals surface area (Å²) in [5.74, 6) is 2.49. The minimum atomic E-state index is 0.211. The van der Waals surface area contributed by atoms with E-state index < -0.39 is 0 Å². The van der Waals surface area contributed by atoms with Crippen LogP contribution in [0.2, 0.25) is 0 Å². The maximum Gasteiger partial charge on any atom is 0.131 e. The maximum atomic E-state index is 4.91. The molecule has 0 radical (unpaired) electrons. The predicted molar refractivity (Wildman–Crippen MR) is 86.5 cm³/mol. The van der Waals surface area contributed by atoms with Gasteiger partial charge < -0.3 is 5.32 Å². The lowest BCUT2D eigenvalue weighted by Crippen LogP contribution is -2.40. The maximum absolute atomic E-state index is 4.91. The van der Waals surface area contributed by atoms with Gasteiger partial charge in [-0.15, -0.1) is 0 Å². The average molecular weight is 287 g/mol. The summed E-state index contributed by atoms with van der Waals surface area (Å²) in [6.45, 7) is 7.82. The first kappa shape index (κ1) is 15.0. The third kappa shape index (κ3) is 3.82. The summed E-state index contributed by atoms with van der Waals surface area (Å²) in [4.78, 5) is 9.59. The molecule has 1 atom stereocenters. The van der Waals surface area contributed by atoms with Gasteiger partial charge in [0.2, 0.25) is 0 Å². The minimum absolute atomic E-state index is 0.211. The molecule has 1 aromatic rings. The van der Waals surface area contributed by atoms with Crippen LogP contribution in [0, 0.1) is 5.92 Å². The molecule has 1 saturated carbocycles. The topological polar surface area (TPSA) is 37.8 Å². The van der Waals surface area contributed by atoms with Crippen LogP contribution in [0.3, 0.4) is 0 Å². The number of aromatic nitrogens is 2. The van der Waals surface area contributed by atoms with Crippen molar-refractivity contribution in [1.29, 1.82) is 0 Å². The lowest BCUT2D eigenvalue weighted by molar-refractivity contribution is 0.346. The first-order valence-electron chi connectivity index (χ1n) is 8.61. The van der Waals surface area contributed by atoms with Gasteiger partial charge in [-0.1, -0.05) is 12.8 Å². The molecule has 0 saturated heterocycles. The predicted octanol–water partition coefficient (Wildman–Crippen LogP) is 3.63. The minimum Gasteiger partial charge on any atom is -0.312 e. The molecular weight excluding hydrogens is 258 g/mol. The molecule has 1 fully saturated rings. The highest BCUT2D eigenvalue weighted by Gasteiger charge is 2.25. The largest absolute Gasteiger partial charge is 0.312 e. The standard InChI is InChI=1S/C18H29N3/c1-18(2,3)20-11-13-8-9-16-15(10-13)12-19-17(21-16)14-6-4-5-7-14/h12-14,20H,4-11H2,1-3H3. The van der Waals surface area contributed by atoms with E-state index in [4.69, 9.17) is 4.98 Å². The molecule has 0 spiro atoms. The Labute approximate surface area is 129 Å². The zero-order valence-corrected chi connectivity index (χ0v) is 13.8. The lowest BCUT2D eigenvalue weighted by Gasteiger charge is -2.28. The van der Waals surface area contributed by atoms with Crippen LogP contribution < -0.4 is 5.32 Å². The second kappa shape index (κ2) is 6.04. The summed E-state index contributed by atoms with van der Waals surface area (Å²) in [5, 5.41) is 3.64. The summed E-state index contributed by atoms with van der Waals surface area (Å²) in [6, 6.07) is 0. The molecule has 3 nitrogen and oxygen atoms in total. The third-order valence-corrected chi connectivity index (χ3v) is 4.91. The van der Waals surface area contributed by atoms with Crippen molar-refractivity contribution in [1.82, 2.24) is 15.3 Å². The summed E-state index contributed by atoms with van der Waals surface area (Å²) in [5.41, 5.74) is 2.94. The summed E-state index contributed by atoms with van der Waals surface area (Å²) < 4.78 is 0. The molecule has 1 aromatic heterocycles. The van der Waals surface area contributed by atoms with Crippen LogP contribution in [-0.4, -0.2) is 22.1 Å². The molecule has 21 heavy (non-hydrogen) atoms. The fraction of sp³-hybridized carbons (Fsp3) is 0.778. The van der Waals surface area contributed by atoms with E-state index >= 15 is 0 Å². The van der Waals surface area contributed by atoms with Gasteiger partial charge in [0.05, 0.1) is 0 Å². The van der Waals surface area contributed by atoms with E-state index in [0.717, 1.165) is 31.1 Å². The average Bonchev–Trinajstić information content (AvgIpc) is 2.98. The number of hydrogen-bond acceptors (Lipinski definition) is 3. The third-order valence-electron chi connectivity index (χ3n) is 4.91. The van der Waals surface area contributed by atoms with E-state index in [1.54, 1.807) is 0 Å². The zero-order chi connectivity index (χ0) is 14.9. The first-order valence-corrected chi connectivity index (χ1v) is 8.61. The van der Waals surface area contributed by atoms with E-state index in [9.17, 15) is 0 Å². The molecule has 0 aromatic carbocycles. The van der Waals surface area contributed by atoms with Gasteiger partial charge in [0.15, 0.2) is 0 Å². The van der Waals surface area contributed by atoms with E-state index in [1.807, 2.05) is 0 Å². The number of fused-ring (bicyclic) bond motifs is 1. The number of aryl methyl sites for hydroxylation is 1. The molecule has 1 heterocycles. The van der Waals surface area contributed by atoms with Crippen LogP contribution in [0.15, 0.2) is 6.20 Å². The summed E-state index contributed by atoms with van der Waals surface area (Å²) in [6.07, 6.45) is 10.9. The summed E-state index contributed by atoms with van der Waals surface area (Å²) in [7, 11) is 0. The molecule has 1 N–H and O–H groups in total. The Bertz CT molecular complexity index is 484. The first-order chi connectivity index (χ1) is 10.0. The van der Waals surface area contributed by atoms with E-state index in [0.29, 0.717) is 5.92 Å². The molecule has 1 unspecified atom stereocenters. The number of rotatable bonds is 3. The van der Waals surface area contributed by atoms with Crippen LogP contribution >= 0.6 is 0 Å². The van der Waals surface area contributed by atoms with Crippen LogP contribution in [0.1, 0.15) is 75.9 Å². The smallest absolute Gasteiger partial charge is 0.131 e. The van der Waals surface area contributed by atoms with Gasteiger partial charge in [-0.05, 0) is 70.9 Å². The molecule has 116 valence electrons. The molecular formula is C18H29N3. The summed E-state index contributed by atoms with van der Waals surface area (Å²) >= 11 is 0. The van der Waals surface area contributed by atoms with E-state index in [-0.39, 0.29) is 5.54 Å². The van der Waals surface area contributed by atoms with E-state index in [2.05, 4.69) is 37.3 Å². The Kier molecular flexibility index (Phi) is 4.30. The van der Waals surface area contributed by atoms with Gasteiger partial charge >= 0.3 is 0 Å². The van der Waals surface area contributed by atoms with Crippen molar-refractivity contribution in [2.24, 2.45) is 5.92 Å². The van der Waals surface area contributed by atoms with Crippen molar-refractivity contribution in [2.75, 3.05) is 6.54 Å². The second-order valence-corrected chi connectivity index (χ2v) is 7.92. The zero-order valence-electron chi connectivity index (χ0n) is 13.8. The van der Waals surface area contributed by atoms with Gasteiger partial charge in [0.25, 0.3) is 0 Å². The lowest BCUT2D eigenvalue weighted by atomic mass is 9.86. The van der Waals surface area contributed by atoms with Crippen LogP contribution in [0.5, 0.6) is 0 Å². The van der Waals surface area contributed by atoms with Crippen molar-refractivity contribution in [3.8, 4) is 0 Å². The Morgan fingerprint density at radius 3 is 2.67 bits per heavy atom. The van der Waals surface area contributed by atoms with Gasteiger partial charge in [0, 0.05) is 23.3 Å². The van der Waals surface area contributed by atoms with Gasteiger partial charge in [-0.3, -0.25) is 0 Å². The Morgan fingerprint density at radius 1 is 1.19 bits per heavy atom. The van der Waals surface area contributed by atoms with Gasteiger partial charge in [-0.25, -0.2) is 9.97 Å². The molecule has 0 bridgehead atoms. The molecule has 0 aliphatic heterocycles. The number of nitrogens with one attached hydrogen (secondary N) is 1. The van der Waals surface area contributed by atoms with Crippen molar-refractivity contribution in [3.63, 3.8) is 0 Å². The normalized spacial score (nSPS) is 23.3. The van der Waals surface area contributed by atoms with Gasteiger partial charge in [0.1, 0.15) is 5.82 Å². The highest BCUT2D eigenvalue weighted by Crippen LogP contribution is 2.33. The highest BCUT2D eigenvalue weighted by molar-refractivity contribution is 5.22.